The van der Waals surface area contributed by atoms with E-state index in [1.54, 1.807) is 0 Å². The first-order chi connectivity index (χ1) is 2.83. The molecule has 0 aromatic carbocycles. The van der Waals surface area contributed by atoms with Gasteiger partial charge in [0.05, 0.1) is 0 Å². The Morgan fingerprint density at radius 1 is 1.50 bits per heavy atom. The van der Waals surface area contributed by atoms with Crippen LogP contribution in [0.3, 0.4) is 0 Å². The van der Waals surface area contributed by atoms with Gasteiger partial charge in [-0.2, -0.15) is 0 Å². The van der Waals surface area contributed by atoms with E-state index in [4.69, 9.17) is 15.8 Å². The molecule has 0 amide bonds. The van der Waals surface area contributed by atoms with Crippen molar-refractivity contribution in [3.05, 3.63) is 0 Å². The summed E-state index contributed by atoms with van der Waals surface area (Å²) in [5, 5.41) is 0. The van der Waals surface area contributed by atoms with Crippen molar-refractivity contribution in [3.63, 3.8) is 0 Å². The molecule has 0 unspecified atom stereocenters. The first kappa shape index (κ1) is 9.62. The second kappa shape index (κ2) is 18.2. The minimum absolute atomic E-state index is 0.625. The van der Waals surface area contributed by atoms with Crippen molar-refractivity contribution in [2.75, 3.05) is 0 Å². The molecule has 0 radical (unpaired) electrons. The standard InChI is InChI=1S/Mn.Ni.H2O.3O/h;;1H2;;;/q;+1;;;;/p-1. The van der Waals surface area contributed by atoms with Gasteiger partial charge in [-0.05, 0) is 0 Å². The van der Waals surface area contributed by atoms with Gasteiger partial charge in [-0.15, -0.1) is 0 Å². The van der Waals surface area contributed by atoms with Crippen LogP contribution in [0.25, 0.3) is 0 Å². The maximum absolute atomic E-state index is 8.42. The molecule has 0 spiro atoms. The van der Waals surface area contributed by atoms with Gasteiger partial charge in [0.2, 0.25) is 0 Å². The predicted octanol–water partition coefficient (Wildman–Crippen LogP) is -0.918. The van der Waals surface area contributed by atoms with E-state index in [1.165, 1.54) is 0 Å². The first-order valence-corrected chi connectivity index (χ1v) is 2.39. The molecule has 0 saturated carbocycles. The second-order valence-electron chi connectivity index (χ2n) is 0.121. The Morgan fingerprint density at radius 2 is 1.50 bits per heavy atom. The summed E-state index contributed by atoms with van der Waals surface area (Å²) in [4.78, 5) is 0. The van der Waals surface area contributed by atoms with Crippen LogP contribution in [0.2, 0.25) is 0 Å². The van der Waals surface area contributed by atoms with Crippen molar-refractivity contribution in [2.45, 2.75) is 0 Å². The van der Waals surface area contributed by atoms with Crippen LogP contribution >= 0.6 is 0 Å². The van der Waals surface area contributed by atoms with Gasteiger partial charge >= 0.3 is 45.3 Å². The van der Waals surface area contributed by atoms with E-state index < -0.39 is 29.5 Å². The van der Waals surface area contributed by atoms with Gasteiger partial charge in [-0.1, -0.05) is 0 Å². The molecule has 6 heteroatoms. The summed E-state index contributed by atoms with van der Waals surface area (Å²) in [5.74, 6) is 0. The average molecular weight is 179 g/mol. The third-order valence-electron chi connectivity index (χ3n) is 0. The third kappa shape index (κ3) is 358. The van der Waals surface area contributed by atoms with Crippen molar-refractivity contribution in [1.82, 2.24) is 0 Å². The van der Waals surface area contributed by atoms with Gasteiger partial charge in [-0.3, -0.25) is 0 Å². The maximum atomic E-state index is 8.42. The van der Waals surface area contributed by atoms with Gasteiger partial charge in [0.1, 0.15) is 0 Å². The number of rotatable bonds is 0. The molecule has 0 aromatic heterocycles. The molecule has 42 valence electrons. The van der Waals surface area contributed by atoms with Gasteiger partial charge < -0.3 is 0 Å². The zero-order valence-electron chi connectivity index (χ0n) is 2.37. The summed E-state index contributed by atoms with van der Waals surface area (Å²) in [6.07, 6.45) is 0. The Morgan fingerprint density at radius 3 is 1.50 bits per heavy atom. The molecule has 0 rings (SSSR count). The molecule has 0 bridgehead atoms. The molecule has 4 nitrogen and oxygen atoms in total. The van der Waals surface area contributed by atoms with Crippen LogP contribution in [0.15, 0.2) is 0 Å². The Bertz CT molecular complexity index is 52.6. The molecule has 0 saturated heterocycles. The molecule has 0 atom stereocenters. The van der Waals surface area contributed by atoms with Gasteiger partial charge in [0.25, 0.3) is 0 Å². The summed E-state index contributed by atoms with van der Waals surface area (Å²) >= 11 is -2.06. The summed E-state index contributed by atoms with van der Waals surface area (Å²) in [7, 11) is 0. The molecule has 0 fully saturated rings. The summed E-state index contributed by atoms with van der Waals surface area (Å²) < 4.78 is 32.2. The van der Waals surface area contributed by atoms with Crippen LogP contribution in [-0.2, 0) is 41.1 Å². The van der Waals surface area contributed by atoms with E-state index in [9.17, 15) is 0 Å². The number of hydrogen-bond acceptors (Lipinski definition) is 3. The predicted molar refractivity (Wildman–Crippen MR) is 4.28 cm³/mol. The van der Waals surface area contributed by atoms with E-state index in [0.717, 1.165) is 0 Å². The van der Waals surface area contributed by atoms with Crippen LogP contribution < -0.4 is 0 Å². The zero-order chi connectivity index (χ0) is 5.41. The Balaban J connectivity index is 0. The molecule has 0 aliphatic rings. The van der Waals surface area contributed by atoms with Crippen molar-refractivity contribution < 1.29 is 45.3 Å². The normalized spacial score (nSPS) is 5.50. The number of hydrogen-bond donors (Lipinski definition) is 1. The topological polar surface area (TPSA) is 71.4 Å². The Kier molecular flexibility index (Phi) is 29.3. The van der Waals surface area contributed by atoms with E-state index in [0.29, 0.717) is 0 Å². The quantitative estimate of drug-likeness (QED) is 0.487. The van der Waals surface area contributed by atoms with Gasteiger partial charge in [0.15, 0.2) is 0 Å². The van der Waals surface area contributed by atoms with Crippen LogP contribution in [0.4, 0.5) is 0 Å². The van der Waals surface area contributed by atoms with Crippen molar-refractivity contribution >= 4 is 0 Å². The Labute approximate surface area is 45.8 Å². The average Bonchev–Trinajstić information content (AvgIpc) is 1.39. The van der Waals surface area contributed by atoms with E-state index in [2.05, 4.69) is 0 Å². The molecule has 6 heavy (non-hydrogen) atoms. The van der Waals surface area contributed by atoms with Crippen LogP contribution in [0.5, 0.6) is 0 Å². The third-order valence-corrected chi connectivity index (χ3v) is 0. The molecule has 1 N–H and O–H groups in total. The monoisotopic (exact) mass is 178 g/mol. The van der Waals surface area contributed by atoms with Crippen molar-refractivity contribution in [2.24, 2.45) is 0 Å². The zero-order valence-corrected chi connectivity index (χ0v) is 4.53. The van der Waals surface area contributed by atoms with Crippen LogP contribution in [0, 0.1) is 0 Å². The van der Waals surface area contributed by atoms with E-state index in [1.807, 2.05) is 0 Å². The second-order valence-corrected chi connectivity index (χ2v) is 0.498. The van der Waals surface area contributed by atoms with Crippen molar-refractivity contribution in [3.8, 4) is 0 Å². The van der Waals surface area contributed by atoms with Gasteiger partial charge in [0, 0.05) is 0 Å². The SMILES string of the molecule is [O]=[Mn]=[O].[O]=[Ni][OH]. The van der Waals surface area contributed by atoms with E-state index in [-0.39, 0.29) is 0 Å². The molecule has 0 aliphatic heterocycles. The minimum atomic E-state index is -1.44. The summed E-state index contributed by atoms with van der Waals surface area (Å²) in [6.45, 7) is 0. The molecule has 0 aliphatic carbocycles. The first-order valence-electron chi connectivity index (χ1n) is 0.579. The van der Waals surface area contributed by atoms with E-state index >= 15 is 0 Å². The van der Waals surface area contributed by atoms with Crippen LogP contribution in [-0.4, -0.2) is 4.25 Å². The summed E-state index contributed by atoms with van der Waals surface area (Å²) in [5.41, 5.74) is 0. The molecule has 0 aromatic rings. The molecular weight excluding hydrogens is 178 g/mol. The molecular formula is HMnNiO4. The van der Waals surface area contributed by atoms with Crippen LogP contribution in [0.1, 0.15) is 0 Å². The fourth-order valence-corrected chi connectivity index (χ4v) is 0. The van der Waals surface area contributed by atoms with Crippen molar-refractivity contribution in [1.29, 1.82) is 0 Å². The summed E-state index contributed by atoms with van der Waals surface area (Å²) in [6, 6.07) is 0. The fourth-order valence-electron chi connectivity index (χ4n) is 0. The fraction of sp³-hybridized carbons (Fsp3) is 0. The van der Waals surface area contributed by atoms with Gasteiger partial charge in [-0.25, -0.2) is 0 Å². The Hall–Kier alpha value is 0.373. The molecule has 0 heterocycles.